The van der Waals surface area contributed by atoms with Crippen LogP contribution in [-0.2, 0) is 4.79 Å². The number of halogens is 1. The minimum atomic E-state index is -0.0350. The van der Waals surface area contributed by atoms with Gasteiger partial charge in [-0.15, -0.1) is 11.3 Å². The molecule has 0 bridgehead atoms. The molecule has 1 aromatic heterocycles. The number of amides is 2. The molecule has 2 amide bonds. The minimum Gasteiger partial charge on any atom is -0.338 e. The molecule has 0 radical (unpaired) electrons. The fraction of sp³-hybridized carbons (Fsp3) is 0.348. The Balaban J connectivity index is 1.41. The summed E-state index contributed by atoms with van der Waals surface area (Å²) in [5.74, 6) is 0.258. The predicted molar refractivity (Wildman–Crippen MR) is 121 cm³/mol. The van der Waals surface area contributed by atoms with E-state index in [1.807, 2.05) is 23.1 Å². The van der Waals surface area contributed by atoms with Gasteiger partial charge >= 0.3 is 0 Å². The Morgan fingerprint density at radius 1 is 1.13 bits per heavy atom. The molecule has 5 rings (SSSR count). The average molecular weight is 440 g/mol. The van der Waals surface area contributed by atoms with Crippen molar-refractivity contribution >= 4 is 50.7 Å². The van der Waals surface area contributed by atoms with E-state index in [2.05, 4.69) is 6.07 Å². The van der Waals surface area contributed by atoms with Crippen molar-refractivity contribution < 1.29 is 9.59 Å². The van der Waals surface area contributed by atoms with Gasteiger partial charge in [-0.25, -0.2) is 4.98 Å². The van der Waals surface area contributed by atoms with Crippen molar-refractivity contribution in [2.45, 2.75) is 31.6 Å². The molecule has 1 atom stereocenters. The van der Waals surface area contributed by atoms with Gasteiger partial charge in [0.25, 0.3) is 5.91 Å². The lowest BCUT2D eigenvalue weighted by Crippen LogP contribution is -2.40. The molecule has 154 valence electrons. The topological polar surface area (TPSA) is 53.5 Å². The molecule has 7 heteroatoms. The molecule has 2 aromatic carbocycles. The minimum absolute atomic E-state index is 0.0350. The number of hydrogen-bond donors (Lipinski definition) is 0. The fourth-order valence-electron chi connectivity index (χ4n) is 4.41. The zero-order valence-corrected chi connectivity index (χ0v) is 18.1. The van der Waals surface area contributed by atoms with Gasteiger partial charge < -0.3 is 9.80 Å². The van der Waals surface area contributed by atoms with Crippen molar-refractivity contribution in [1.29, 1.82) is 0 Å². The first kappa shape index (κ1) is 19.5. The third kappa shape index (κ3) is 3.59. The standard InChI is InChI=1S/C23H22ClN3O2S/c24-16-9-10-17(19(13-16)27-12-4-8-21(27)28)23(29)26-11-3-5-15(14-26)22-25-18-6-1-2-7-20(18)30-22/h1-2,6-7,9-10,13,15H,3-5,8,11-12,14H2/t15-/m0/s1. The second-order valence-electron chi connectivity index (χ2n) is 7.92. The molecular formula is C23H22ClN3O2S. The number of benzene rings is 2. The van der Waals surface area contributed by atoms with Crippen LogP contribution < -0.4 is 4.90 Å². The molecule has 0 N–H and O–H groups in total. The Kier molecular flexibility index (Phi) is 5.21. The van der Waals surface area contributed by atoms with E-state index in [-0.39, 0.29) is 17.7 Å². The molecule has 2 aliphatic heterocycles. The smallest absolute Gasteiger partial charge is 0.255 e. The van der Waals surface area contributed by atoms with Crippen molar-refractivity contribution in [2.24, 2.45) is 0 Å². The van der Waals surface area contributed by atoms with E-state index >= 15 is 0 Å². The summed E-state index contributed by atoms with van der Waals surface area (Å²) in [5, 5.41) is 1.63. The van der Waals surface area contributed by atoms with Gasteiger partial charge in [-0.2, -0.15) is 0 Å². The highest BCUT2D eigenvalue weighted by Gasteiger charge is 2.31. The largest absolute Gasteiger partial charge is 0.338 e. The van der Waals surface area contributed by atoms with Gasteiger partial charge in [-0.3, -0.25) is 9.59 Å². The number of nitrogens with zero attached hydrogens (tertiary/aromatic N) is 3. The Morgan fingerprint density at radius 2 is 2.00 bits per heavy atom. The maximum atomic E-state index is 13.5. The Labute approximate surface area is 184 Å². The zero-order chi connectivity index (χ0) is 20.7. The van der Waals surface area contributed by atoms with Gasteiger partial charge in [-0.1, -0.05) is 23.7 Å². The van der Waals surface area contributed by atoms with Crippen molar-refractivity contribution in [3.05, 3.63) is 58.1 Å². The second-order valence-corrected chi connectivity index (χ2v) is 9.42. The van der Waals surface area contributed by atoms with Gasteiger partial charge in [-0.05, 0) is 49.6 Å². The molecule has 2 fully saturated rings. The SMILES string of the molecule is O=C(c1ccc(Cl)cc1N1CCCC1=O)N1CCC[C@H](c2nc3ccccc3s2)C1. The molecule has 0 aliphatic carbocycles. The van der Waals surface area contributed by atoms with Gasteiger partial charge in [0.15, 0.2) is 0 Å². The number of carbonyl (C=O) groups is 2. The van der Waals surface area contributed by atoms with Crippen LogP contribution in [0.15, 0.2) is 42.5 Å². The summed E-state index contributed by atoms with van der Waals surface area (Å²) in [4.78, 5) is 34.2. The van der Waals surface area contributed by atoms with Crippen LogP contribution in [0.4, 0.5) is 5.69 Å². The van der Waals surface area contributed by atoms with Crippen LogP contribution in [0, 0.1) is 0 Å². The van der Waals surface area contributed by atoms with Crippen LogP contribution in [0.2, 0.25) is 5.02 Å². The number of piperidine rings is 1. The van der Waals surface area contributed by atoms with Crippen LogP contribution in [0.5, 0.6) is 0 Å². The average Bonchev–Trinajstić information content (AvgIpc) is 3.39. The van der Waals surface area contributed by atoms with Gasteiger partial charge in [0, 0.05) is 37.0 Å². The van der Waals surface area contributed by atoms with Gasteiger partial charge in [0.1, 0.15) is 0 Å². The molecule has 0 spiro atoms. The first-order valence-electron chi connectivity index (χ1n) is 10.3. The number of thiazole rings is 1. The summed E-state index contributed by atoms with van der Waals surface area (Å²) in [6.45, 7) is 2.00. The first-order chi connectivity index (χ1) is 14.6. The van der Waals surface area contributed by atoms with Crippen LogP contribution in [0.3, 0.4) is 0 Å². The molecule has 0 unspecified atom stereocenters. The quantitative estimate of drug-likeness (QED) is 0.570. The predicted octanol–water partition coefficient (Wildman–Crippen LogP) is 5.10. The monoisotopic (exact) mass is 439 g/mol. The Morgan fingerprint density at radius 3 is 2.80 bits per heavy atom. The maximum Gasteiger partial charge on any atom is 0.255 e. The van der Waals surface area contributed by atoms with Gasteiger partial charge in [0.2, 0.25) is 5.91 Å². The van der Waals surface area contributed by atoms with Gasteiger partial charge in [0.05, 0.1) is 26.5 Å². The molecule has 2 aliphatic rings. The number of anilines is 1. The van der Waals surface area contributed by atoms with Crippen LogP contribution in [-0.4, -0.2) is 41.3 Å². The Bertz CT molecular complexity index is 1100. The number of rotatable bonds is 3. The van der Waals surface area contributed by atoms with Crippen LogP contribution in [0.25, 0.3) is 10.2 Å². The highest BCUT2D eigenvalue weighted by Crippen LogP contribution is 2.35. The summed E-state index contributed by atoms with van der Waals surface area (Å²) >= 11 is 7.93. The maximum absolute atomic E-state index is 13.5. The summed E-state index contributed by atoms with van der Waals surface area (Å²) in [6, 6.07) is 13.4. The summed E-state index contributed by atoms with van der Waals surface area (Å²) in [7, 11) is 0. The van der Waals surface area contributed by atoms with E-state index in [1.54, 1.807) is 34.4 Å². The zero-order valence-electron chi connectivity index (χ0n) is 16.5. The Hall–Kier alpha value is -2.44. The fourth-order valence-corrected chi connectivity index (χ4v) is 5.67. The third-order valence-electron chi connectivity index (χ3n) is 5.92. The number of carbonyl (C=O) groups excluding carboxylic acids is 2. The molecule has 0 saturated carbocycles. The van der Waals surface area contributed by atoms with E-state index in [1.165, 1.54) is 4.70 Å². The first-order valence-corrected chi connectivity index (χ1v) is 11.5. The summed E-state index contributed by atoms with van der Waals surface area (Å²) in [5.41, 5.74) is 2.21. The highest BCUT2D eigenvalue weighted by atomic mass is 35.5. The van der Waals surface area contributed by atoms with E-state index in [9.17, 15) is 9.59 Å². The van der Waals surface area contributed by atoms with E-state index in [0.717, 1.165) is 36.3 Å². The van der Waals surface area contributed by atoms with Crippen molar-refractivity contribution in [2.75, 3.05) is 24.5 Å². The normalized spacial score (nSPS) is 19.6. The number of hydrogen-bond acceptors (Lipinski definition) is 4. The lowest BCUT2D eigenvalue weighted by atomic mass is 9.97. The highest BCUT2D eigenvalue weighted by molar-refractivity contribution is 7.18. The van der Waals surface area contributed by atoms with E-state index in [0.29, 0.717) is 35.8 Å². The number of aromatic nitrogens is 1. The summed E-state index contributed by atoms with van der Waals surface area (Å²) in [6.07, 6.45) is 3.30. The lowest BCUT2D eigenvalue weighted by molar-refractivity contribution is -0.117. The molecule has 3 aromatic rings. The summed E-state index contributed by atoms with van der Waals surface area (Å²) < 4.78 is 1.18. The van der Waals surface area contributed by atoms with Crippen LogP contribution >= 0.6 is 22.9 Å². The molecule has 3 heterocycles. The number of fused-ring (bicyclic) bond motifs is 1. The lowest BCUT2D eigenvalue weighted by Gasteiger charge is -2.33. The number of para-hydroxylation sites is 1. The third-order valence-corrected chi connectivity index (χ3v) is 7.36. The van der Waals surface area contributed by atoms with E-state index < -0.39 is 0 Å². The second kappa shape index (κ2) is 8.00. The number of likely N-dealkylation sites (tertiary alicyclic amines) is 1. The molecule has 2 saturated heterocycles. The van der Waals surface area contributed by atoms with Crippen molar-refractivity contribution in [1.82, 2.24) is 9.88 Å². The molecule has 5 nitrogen and oxygen atoms in total. The molecular weight excluding hydrogens is 418 g/mol. The van der Waals surface area contributed by atoms with Crippen LogP contribution in [0.1, 0.15) is 47.0 Å². The molecule has 30 heavy (non-hydrogen) atoms. The van der Waals surface area contributed by atoms with Crippen molar-refractivity contribution in [3.63, 3.8) is 0 Å². The van der Waals surface area contributed by atoms with Crippen molar-refractivity contribution in [3.8, 4) is 0 Å². The van der Waals surface area contributed by atoms with E-state index in [4.69, 9.17) is 16.6 Å².